The third-order valence-corrected chi connectivity index (χ3v) is 5.37. The number of nitrogens with zero attached hydrogens (tertiary/aromatic N) is 2. The first-order chi connectivity index (χ1) is 13.0. The predicted octanol–water partition coefficient (Wildman–Crippen LogP) is 3.68. The van der Waals surface area contributed by atoms with Crippen LogP contribution in [0.3, 0.4) is 0 Å². The average molecular weight is 374 g/mol. The van der Waals surface area contributed by atoms with E-state index in [-0.39, 0.29) is 18.4 Å². The number of carbonyl (C=O) groups is 2. The molecule has 0 aliphatic heterocycles. The van der Waals surface area contributed by atoms with E-state index in [0.717, 1.165) is 30.8 Å². The molecule has 0 aromatic heterocycles. The van der Waals surface area contributed by atoms with Gasteiger partial charge < -0.3 is 10.2 Å². The molecule has 0 bridgehead atoms. The van der Waals surface area contributed by atoms with Crippen molar-refractivity contribution >= 4 is 17.5 Å². The summed E-state index contributed by atoms with van der Waals surface area (Å²) in [5.41, 5.74) is 1.87. The summed E-state index contributed by atoms with van der Waals surface area (Å²) in [5.74, 6) is 0.676. The van der Waals surface area contributed by atoms with Gasteiger partial charge in [0.05, 0.1) is 13.1 Å². The lowest BCUT2D eigenvalue weighted by Crippen LogP contribution is -2.43. The normalized spacial score (nSPS) is 15.0. The maximum absolute atomic E-state index is 12.6. The van der Waals surface area contributed by atoms with Gasteiger partial charge in [0.2, 0.25) is 11.8 Å². The fourth-order valence-electron chi connectivity index (χ4n) is 3.81. The quantitative estimate of drug-likeness (QED) is 0.718. The summed E-state index contributed by atoms with van der Waals surface area (Å²) in [5, 5.41) is 2.96. The van der Waals surface area contributed by atoms with E-state index in [1.807, 2.05) is 48.0 Å². The van der Waals surface area contributed by atoms with Crippen LogP contribution in [0.5, 0.6) is 0 Å². The number of likely N-dealkylation sites (N-methyl/N-ethyl adjacent to an activating group) is 1. The number of benzene rings is 1. The number of hydrogen-bond donors (Lipinski definition) is 1. The molecular weight excluding hydrogens is 338 g/mol. The van der Waals surface area contributed by atoms with Crippen molar-refractivity contribution in [3.63, 3.8) is 0 Å². The van der Waals surface area contributed by atoms with Crippen molar-refractivity contribution in [3.05, 3.63) is 29.8 Å². The van der Waals surface area contributed by atoms with E-state index in [2.05, 4.69) is 12.2 Å². The largest absolute Gasteiger partial charge is 0.344 e. The second-order valence-electron chi connectivity index (χ2n) is 7.85. The Morgan fingerprint density at radius 3 is 2.48 bits per heavy atom. The third kappa shape index (κ3) is 7.33. The minimum absolute atomic E-state index is 0.0690. The summed E-state index contributed by atoms with van der Waals surface area (Å²) in [4.78, 5) is 28.9. The second-order valence-corrected chi connectivity index (χ2v) is 7.85. The second kappa shape index (κ2) is 11.1. The zero-order valence-electron chi connectivity index (χ0n) is 17.2. The standard InChI is InChI=1S/C22H35N3O2/c1-4-14-25(16-21(26)23-20-13-9-8-10-18(20)2)17-22(27)24(3)15-19-11-6-5-7-12-19/h8-10,13,19H,4-7,11-12,14-17H2,1-3H3,(H,23,26). The molecule has 0 atom stereocenters. The lowest BCUT2D eigenvalue weighted by molar-refractivity contribution is -0.132. The first-order valence-corrected chi connectivity index (χ1v) is 10.3. The van der Waals surface area contributed by atoms with Crippen LogP contribution in [-0.2, 0) is 9.59 Å². The van der Waals surface area contributed by atoms with E-state index in [9.17, 15) is 9.59 Å². The van der Waals surface area contributed by atoms with Gasteiger partial charge in [0.15, 0.2) is 0 Å². The molecule has 1 aliphatic rings. The van der Waals surface area contributed by atoms with Gasteiger partial charge in [0.25, 0.3) is 0 Å². The molecule has 0 radical (unpaired) electrons. The maximum atomic E-state index is 12.6. The first-order valence-electron chi connectivity index (χ1n) is 10.3. The van der Waals surface area contributed by atoms with Crippen molar-refractivity contribution < 1.29 is 9.59 Å². The van der Waals surface area contributed by atoms with Crippen LogP contribution in [0, 0.1) is 12.8 Å². The third-order valence-electron chi connectivity index (χ3n) is 5.37. The van der Waals surface area contributed by atoms with E-state index in [0.29, 0.717) is 12.5 Å². The van der Waals surface area contributed by atoms with E-state index in [1.54, 1.807) is 0 Å². The molecule has 1 aliphatic carbocycles. The molecule has 2 amide bonds. The van der Waals surface area contributed by atoms with Gasteiger partial charge in [0.1, 0.15) is 0 Å². The summed E-state index contributed by atoms with van der Waals surface area (Å²) in [6, 6.07) is 7.75. The number of aryl methyl sites for hydroxylation is 1. The summed E-state index contributed by atoms with van der Waals surface area (Å²) in [6.07, 6.45) is 7.28. The Morgan fingerprint density at radius 2 is 1.81 bits per heavy atom. The molecular formula is C22H35N3O2. The zero-order valence-corrected chi connectivity index (χ0v) is 17.2. The summed E-state index contributed by atoms with van der Waals surface area (Å²) >= 11 is 0. The van der Waals surface area contributed by atoms with Gasteiger partial charge in [0, 0.05) is 19.3 Å². The zero-order chi connectivity index (χ0) is 19.6. The molecule has 0 unspecified atom stereocenters. The Labute approximate surface area is 164 Å². The van der Waals surface area contributed by atoms with E-state index < -0.39 is 0 Å². The molecule has 1 aromatic rings. The SMILES string of the molecule is CCCN(CC(=O)Nc1ccccc1C)CC(=O)N(C)CC1CCCCC1. The Kier molecular flexibility index (Phi) is 8.79. The fourth-order valence-corrected chi connectivity index (χ4v) is 3.81. The molecule has 150 valence electrons. The van der Waals surface area contributed by atoms with Crippen LogP contribution in [0.25, 0.3) is 0 Å². The molecule has 0 saturated heterocycles. The molecule has 27 heavy (non-hydrogen) atoms. The van der Waals surface area contributed by atoms with Crippen LogP contribution in [0.15, 0.2) is 24.3 Å². The van der Waals surface area contributed by atoms with Crippen molar-refractivity contribution in [1.82, 2.24) is 9.80 Å². The van der Waals surface area contributed by atoms with Crippen molar-refractivity contribution in [2.75, 3.05) is 38.5 Å². The lowest BCUT2D eigenvalue weighted by Gasteiger charge is -2.29. The molecule has 5 heteroatoms. The Balaban J connectivity index is 1.84. The van der Waals surface area contributed by atoms with E-state index >= 15 is 0 Å². The number of carbonyl (C=O) groups excluding carboxylic acids is 2. The average Bonchev–Trinajstić information content (AvgIpc) is 2.64. The molecule has 1 saturated carbocycles. The van der Waals surface area contributed by atoms with Gasteiger partial charge >= 0.3 is 0 Å². The summed E-state index contributed by atoms with van der Waals surface area (Å²) < 4.78 is 0. The van der Waals surface area contributed by atoms with Gasteiger partial charge in [-0.3, -0.25) is 14.5 Å². The monoisotopic (exact) mass is 373 g/mol. The van der Waals surface area contributed by atoms with Crippen LogP contribution >= 0.6 is 0 Å². The van der Waals surface area contributed by atoms with Gasteiger partial charge in [-0.1, -0.05) is 44.4 Å². The van der Waals surface area contributed by atoms with Crippen molar-refractivity contribution in [2.24, 2.45) is 5.92 Å². The highest BCUT2D eigenvalue weighted by Crippen LogP contribution is 2.24. The van der Waals surface area contributed by atoms with Crippen molar-refractivity contribution in [2.45, 2.75) is 52.4 Å². The van der Waals surface area contributed by atoms with Crippen molar-refractivity contribution in [1.29, 1.82) is 0 Å². The highest BCUT2D eigenvalue weighted by atomic mass is 16.2. The van der Waals surface area contributed by atoms with Gasteiger partial charge in [-0.25, -0.2) is 0 Å². The number of nitrogens with one attached hydrogen (secondary N) is 1. The Hall–Kier alpha value is -1.88. The summed E-state index contributed by atoms with van der Waals surface area (Å²) in [6.45, 7) is 6.17. The highest BCUT2D eigenvalue weighted by Gasteiger charge is 2.21. The lowest BCUT2D eigenvalue weighted by atomic mass is 9.89. The van der Waals surface area contributed by atoms with E-state index in [4.69, 9.17) is 0 Å². The van der Waals surface area contributed by atoms with Crippen LogP contribution in [0.1, 0.15) is 51.0 Å². The molecule has 1 fully saturated rings. The molecule has 2 rings (SSSR count). The fraction of sp³-hybridized carbons (Fsp3) is 0.636. The van der Waals surface area contributed by atoms with Crippen LogP contribution in [0.4, 0.5) is 5.69 Å². The van der Waals surface area contributed by atoms with Gasteiger partial charge in [-0.15, -0.1) is 0 Å². The minimum atomic E-state index is -0.0690. The number of anilines is 1. The van der Waals surface area contributed by atoms with Crippen molar-refractivity contribution in [3.8, 4) is 0 Å². The predicted molar refractivity (Wildman–Crippen MR) is 111 cm³/mol. The minimum Gasteiger partial charge on any atom is -0.344 e. The molecule has 1 N–H and O–H groups in total. The Bertz CT molecular complexity index is 611. The number of hydrogen-bond acceptors (Lipinski definition) is 3. The number of rotatable bonds is 9. The van der Waals surface area contributed by atoms with Gasteiger partial charge in [-0.2, -0.15) is 0 Å². The molecule has 5 nitrogen and oxygen atoms in total. The van der Waals surface area contributed by atoms with E-state index in [1.165, 1.54) is 32.1 Å². The summed E-state index contributed by atoms with van der Waals surface area (Å²) in [7, 11) is 1.90. The topological polar surface area (TPSA) is 52.7 Å². The van der Waals surface area contributed by atoms with Crippen LogP contribution in [-0.4, -0.2) is 54.8 Å². The molecule has 0 heterocycles. The van der Waals surface area contributed by atoms with Crippen LogP contribution < -0.4 is 5.32 Å². The Morgan fingerprint density at radius 1 is 1.11 bits per heavy atom. The number of para-hydroxylation sites is 1. The molecule has 0 spiro atoms. The number of amides is 2. The van der Waals surface area contributed by atoms with Gasteiger partial charge in [-0.05, 0) is 50.3 Å². The highest BCUT2D eigenvalue weighted by molar-refractivity contribution is 5.93. The smallest absolute Gasteiger partial charge is 0.238 e. The molecule has 1 aromatic carbocycles. The van der Waals surface area contributed by atoms with Crippen LogP contribution in [0.2, 0.25) is 0 Å². The first kappa shape index (κ1) is 21.4. The maximum Gasteiger partial charge on any atom is 0.238 e.